The van der Waals surface area contributed by atoms with Crippen molar-refractivity contribution >= 4 is 23.4 Å². The molecule has 1 aromatic rings. The Morgan fingerprint density at radius 2 is 2.00 bits per heavy atom. The topological polar surface area (TPSA) is 20.2 Å². The van der Waals surface area contributed by atoms with Crippen LogP contribution in [0.2, 0.25) is 5.02 Å². The first-order chi connectivity index (χ1) is 7.09. The lowest BCUT2D eigenvalue weighted by molar-refractivity contribution is 0.172. The molecule has 0 saturated carbocycles. The Hall–Kier alpha value is -0.180. The molecular formula is C12H17ClOS. The highest BCUT2D eigenvalue weighted by Gasteiger charge is 2.08. The Kier molecular flexibility index (Phi) is 5.51. The van der Waals surface area contributed by atoms with E-state index in [9.17, 15) is 5.11 Å². The van der Waals surface area contributed by atoms with Crippen LogP contribution in [0.5, 0.6) is 0 Å². The number of halogens is 1. The maximum atomic E-state index is 9.71. The molecule has 15 heavy (non-hydrogen) atoms. The molecule has 0 fully saturated rings. The number of hydrogen-bond acceptors (Lipinski definition) is 2. The third-order valence-electron chi connectivity index (χ3n) is 2.01. The van der Waals surface area contributed by atoms with Crippen LogP contribution in [0.3, 0.4) is 0 Å². The summed E-state index contributed by atoms with van der Waals surface area (Å²) in [6, 6.07) is 7.73. The van der Waals surface area contributed by atoms with Crippen molar-refractivity contribution in [2.45, 2.75) is 31.3 Å². The van der Waals surface area contributed by atoms with Crippen LogP contribution in [0.1, 0.15) is 20.3 Å². The van der Waals surface area contributed by atoms with Gasteiger partial charge in [0.05, 0.1) is 11.1 Å². The third kappa shape index (κ3) is 4.92. The lowest BCUT2D eigenvalue weighted by Gasteiger charge is -2.12. The number of thioether (sulfide) groups is 1. The van der Waals surface area contributed by atoms with Crippen molar-refractivity contribution in [3.05, 3.63) is 29.3 Å². The highest BCUT2D eigenvalue weighted by atomic mass is 35.5. The third-order valence-corrected chi connectivity index (χ3v) is 3.67. The fourth-order valence-corrected chi connectivity index (χ4v) is 2.55. The van der Waals surface area contributed by atoms with Crippen LogP contribution in [0, 0.1) is 5.92 Å². The van der Waals surface area contributed by atoms with Gasteiger partial charge in [-0.15, -0.1) is 11.8 Å². The molecule has 84 valence electrons. The molecule has 0 heterocycles. The Balaban J connectivity index is 2.40. The van der Waals surface area contributed by atoms with Crippen LogP contribution < -0.4 is 0 Å². The molecule has 0 aliphatic rings. The summed E-state index contributed by atoms with van der Waals surface area (Å²) < 4.78 is 0. The highest BCUT2D eigenvalue weighted by molar-refractivity contribution is 7.99. The van der Waals surface area contributed by atoms with E-state index in [1.165, 1.54) is 0 Å². The maximum absolute atomic E-state index is 9.71. The molecule has 0 amide bonds. The van der Waals surface area contributed by atoms with Crippen LogP contribution in [0.15, 0.2) is 29.2 Å². The largest absolute Gasteiger partial charge is 0.392 e. The number of aliphatic hydroxyl groups is 1. The first-order valence-electron chi connectivity index (χ1n) is 5.15. The fraction of sp³-hybridized carbons (Fsp3) is 0.500. The number of aliphatic hydroxyl groups excluding tert-OH is 1. The fourth-order valence-electron chi connectivity index (χ4n) is 1.36. The monoisotopic (exact) mass is 244 g/mol. The average molecular weight is 245 g/mol. The molecule has 0 bridgehead atoms. The van der Waals surface area contributed by atoms with Crippen LogP contribution in [-0.4, -0.2) is 17.0 Å². The number of rotatable bonds is 5. The Morgan fingerprint density at radius 1 is 1.33 bits per heavy atom. The van der Waals surface area contributed by atoms with E-state index in [0.29, 0.717) is 11.7 Å². The summed E-state index contributed by atoms with van der Waals surface area (Å²) in [7, 11) is 0. The smallest absolute Gasteiger partial charge is 0.0636 e. The molecule has 0 aliphatic carbocycles. The molecule has 1 N–H and O–H groups in total. The van der Waals surface area contributed by atoms with Crippen LogP contribution in [-0.2, 0) is 0 Å². The zero-order valence-corrected chi connectivity index (χ0v) is 10.7. The minimum absolute atomic E-state index is 0.244. The van der Waals surface area contributed by atoms with E-state index in [4.69, 9.17) is 11.6 Å². The Morgan fingerprint density at radius 3 is 2.60 bits per heavy atom. The van der Waals surface area contributed by atoms with Crippen molar-refractivity contribution < 1.29 is 5.11 Å². The van der Waals surface area contributed by atoms with E-state index >= 15 is 0 Å². The van der Waals surface area contributed by atoms with Gasteiger partial charge in [-0.2, -0.15) is 0 Å². The zero-order valence-electron chi connectivity index (χ0n) is 9.11. The minimum Gasteiger partial charge on any atom is -0.392 e. The van der Waals surface area contributed by atoms with Crippen molar-refractivity contribution in [1.29, 1.82) is 0 Å². The van der Waals surface area contributed by atoms with Crippen molar-refractivity contribution in [2.24, 2.45) is 5.92 Å². The average Bonchev–Trinajstić information content (AvgIpc) is 2.15. The van der Waals surface area contributed by atoms with Gasteiger partial charge < -0.3 is 5.11 Å². The van der Waals surface area contributed by atoms with Gasteiger partial charge in [0.1, 0.15) is 0 Å². The summed E-state index contributed by atoms with van der Waals surface area (Å²) in [6.07, 6.45) is 0.601. The van der Waals surface area contributed by atoms with Crippen LogP contribution in [0.25, 0.3) is 0 Å². The molecule has 0 saturated heterocycles. The summed E-state index contributed by atoms with van der Waals surface area (Å²) in [5.74, 6) is 1.24. The quantitative estimate of drug-likeness (QED) is 0.795. The number of benzene rings is 1. The second-order valence-corrected chi connectivity index (χ2v) is 5.49. The van der Waals surface area contributed by atoms with Gasteiger partial charge in [0.25, 0.3) is 0 Å². The lowest BCUT2D eigenvalue weighted by atomic mass is 10.1. The van der Waals surface area contributed by atoms with E-state index < -0.39 is 0 Å². The predicted molar refractivity (Wildman–Crippen MR) is 67.6 cm³/mol. The molecule has 1 unspecified atom stereocenters. The van der Waals surface area contributed by atoms with Crippen molar-refractivity contribution in [1.82, 2.24) is 0 Å². The highest BCUT2D eigenvalue weighted by Crippen LogP contribution is 2.27. The van der Waals surface area contributed by atoms with Gasteiger partial charge in [-0.1, -0.05) is 37.6 Å². The molecule has 3 heteroatoms. The molecular weight excluding hydrogens is 228 g/mol. The Bertz CT molecular complexity index is 301. The molecule has 0 aliphatic heterocycles. The van der Waals surface area contributed by atoms with E-state index in [0.717, 1.165) is 16.3 Å². The van der Waals surface area contributed by atoms with E-state index in [2.05, 4.69) is 13.8 Å². The van der Waals surface area contributed by atoms with E-state index in [1.807, 2.05) is 24.3 Å². The van der Waals surface area contributed by atoms with E-state index in [-0.39, 0.29) is 6.10 Å². The van der Waals surface area contributed by atoms with Gasteiger partial charge in [0, 0.05) is 10.6 Å². The SMILES string of the molecule is CC(C)CC(O)CSc1ccccc1Cl. The predicted octanol–water partition coefficient (Wildman–Crippen LogP) is 3.84. The van der Waals surface area contributed by atoms with Gasteiger partial charge in [-0.3, -0.25) is 0 Å². The Labute approximate surface area is 101 Å². The van der Waals surface area contributed by atoms with Crippen molar-refractivity contribution in [3.63, 3.8) is 0 Å². The summed E-state index contributed by atoms with van der Waals surface area (Å²) in [4.78, 5) is 1.04. The summed E-state index contributed by atoms with van der Waals surface area (Å²) in [5, 5.41) is 10.5. The molecule has 0 aromatic heterocycles. The van der Waals surface area contributed by atoms with Gasteiger partial charge in [-0.05, 0) is 24.5 Å². The first-order valence-corrected chi connectivity index (χ1v) is 6.51. The van der Waals surface area contributed by atoms with E-state index in [1.54, 1.807) is 11.8 Å². The van der Waals surface area contributed by atoms with Gasteiger partial charge in [0.15, 0.2) is 0 Å². The molecule has 1 aromatic carbocycles. The van der Waals surface area contributed by atoms with Crippen molar-refractivity contribution in [3.8, 4) is 0 Å². The normalized spacial score (nSPS) is 13.1. The summed E-state index contributed by atoms with van der Waals surface area (Å²) in [5.41, 5.74) is 0. The van der Waals surface area contributed by atoms with Gasteiger partial charge in [0.2, 0.25) is 0 Å². The molecule has 1 nitrogen and oxygen atoms in total. The molecule has 1 atom stereocenters. The zero-order chi connectivity index (χ0) is 11.3. The summed E-state index contributed by atoms with van der Waals surface area (Å²) in [6.45, 7) is 4.23. The van der Waals surface area contributed by atoms with Crippen molar-refractivity contribution in [2.75, 3.05) is 5.75 Å². The van der Waals surface area contributed by atoms with Gasteiger partial charge in [-0.25, -0.2) is 0 Å². The lowest BCUT2D eigenvalue weighted by Crippen LogP contribution is -2.12. The first kappa shape index (κ1) is 12.9. The molecule has 0 spiro atoms. The molecule has 0 radical (unpaired) electrons. The molecule has 1 rings (SSSR count). The van der Waals surface area contributed by atoms with Crippen LogP contribution in [0.4, 0.5) is 0 Å². The van der Waals surface area contributed by atoms with Gasteiger partial charge >= 0.3 is 0 Å². The minimum atomic E-state index is -0.244. The second-order valence-electron chi connectivity index (χ2n) is 4.02. The standard InChI is InChI=1S/C12H17ClOS/c1-9(2)7-10(14)8-15-12-6-4-3-5-11(12)13/h3-6,9-10,14H,7-8H2,1-2H3. The summed E-state index contributed by atoms with van der Waals surface area (Å²) >= 11 is 7.63. The second kappa shape index (κ2) is 6.41. The number of hydrogen-bond donors (Lipinski definition) is 1. The van der Waals surface area contributed by atoms with Crippen LogP contribution >= 0.6 is 23.4 Å². The maximum Gasteiger partial charge on any atom is 0.0636 e.